The summed E-state index contributed by atoms with van der Waals surface area (Å²) < 4.78 is 5.10. The van der Waals surface area contributed by atoms with Gasteiger partial charge in [-0.3, -0.25) is 4.79 Å². The number of Topliss-reactive ketones (excluding diaryl/α,β-unsaturated/α-hetero) is 1. The molecule has 0 atom stereocenters. The van der Waals surface area contributed by atoms with Gasteiger partial charge in [0.1, 0.15) is 6.61 Å². The quantitative estimate of drug-likeness (QED) is 0.450. The molecule has 0 radical (unpaired) electrons. The van der Waals surface area contributed by atoms with Gasteiger partial charge >= 0.3 is 0 Å². The van der Waals surface area contributed by atoms with Gasteiger partial charge < -0.3 is 4.74 Å². The Bertz CT molecular complexity index is 259. The number of carbonyl (C=O) groups is 1. The summed E-state index contributed by atoms with van der Waals surface area (Å²) in [6.45, 7) is 0.730. The van der Waals surface area contributed by atoms with E-state index in [2.05, 4.69) is 15.9 Å². The smallest absolute Gasteiger partial charge is 0.188 e. The monoisotopic (exact) mass is 242 g/mol. The number of carbonyl (C=O) groups excluding carboxylic acids is 1. The van der Waals surface area contributed by atoms with Gasteiger partial charge in [-0.05, 0) is 0 Å². The molecule has 0 saturated heterocycles. The van der Waals surface area contributed by atoms with E-state index in [-0.39, 0.29) is 12.4 Å². The van der Waals surface area contributed by atoms with Crippen LogP contribution in [0.3, 0.4) is 0 Å². The molecule has 0 fully saturated rings. The Morgan fingerprint density at radius 3 is 2.62 bits per heavy atom. The van der Waals surface area contributed by atoms with E-state index in [4.69, 9.17) is 4.74 Å². The number of hydrogen-bond donors (Lipinski definition) is 0. The Morgan fingerprint density at radius 2 is 2.00 bits per heavy atom. The molecule has 1 aromatic carbocycles. The molecular formula is C10H11BrO2. The first-order valence-corrected chi connectivity index (χ1v) is 5.18. The third-order valence-corrected chi connectivity index (χ3v) is 1.87. The topological polar surface area (TPSA) is 26.3 Å². The Hall–Kier alpha value is -0.670. The summed E-state index contributed by atoms with van der Waals surface area (Å²) in [5, 5.41) is 0.759. The van der Waals surface area contributed by atoms with E-state index in [1.54, 1.807) is 12.1 Å². The van der Waals surface area contributed by atoms with Crippen LogP contribution in [0.5, 0.6) is 0 Å². The maximum atomic E-state index is 11.4. The van der Waals surface area contributed by atoms with Crippen molar-refractivity contribution < 1.29 is 9.53 Å². The lowest BCUT2D eigenvalue weighted by atomic mass is 10.1. The number of alkyl halides is 1. The number of benzene rings is 1. The van der Waals surface area contributed by atoms with E-state index in [1.165, 1.54) is 0 Å². The number of rotatable bonds is 5. The highest BCUT2D eigenvalue weighted by Gasteiger charge is 2.03. The van der Waals surface area contributed by atoms with Gasteiger partial charge in [0.25, 0.3) is 0 Å². The van der Waals surface area contributed by atoms with Crippen LogP contribution in [-0.2, 0) is 4.74 Å². The van der Waals surface area contributed by atoms with Crippen LogP contribution in [0.4, 0.5) is 0 Å². The number of ketones is 1. The number of ether oxygens (including phenoxy) is 1. The summed E-state index contributed by atoms with van der Waals surface area (Å²) in [6, 6.07) is 9.16. The van der Waals surface area contributed by atoms with Crippen molar-refractivity contribution >= 4 is 21.7 Å². The van der Waals surface area contributed by atoms with Crippen molar-refractivity contribution in [2.24, 2.45) is 0 Å². The van der Waals surface area contributed by atoms with Crippen molar-refractivity contribution in [1.29, 1.82) is 0 Å². The molecule has 3 heteroatoms. The van der Waals surface area contributed by atoms with Gasteiger partial charge in [0, 0.05) is 10.9 Å². The summed E-state index contributed by atoms with van der Waals surface area (Å²) in [5.41, 5.74) is 0.706. The molecular weight excluding hydrogens is 232 g/mol. The molecule has 2 nitrogen and oxygen atoms in total. The van der Waals surface area contributed by atoms with Gasteiger partial charge in [0.15, 0.2) is 5.78 Å². The van der Waals surface area contributed by atoms with E-state index in [9.17, 15) is 4.79 Å². The minimum atomic E-state index is 0.0292. The second-order valence-electron chi connectivity index (χ2n) is 2.53. The van der Waals surface area contributed by atoms with Crippen LogP contribution in [-0.4, -0.2) is 24.3 Å². The first-order chi connectivity index (χ1) is 6.34. The van der Waals surface area contributed by atoms with Crippen molar-refractivity contribution in [3.05, 3.63) is 35.9 Å². The maximum absolute atomic E-state index is 11.4. The van der Waals surface area contributed by atoms with E-state index in [0.29, 0.717) is 12.2 Å². The second kappa shape index (κ2) is 5.89. The third kappa shape index (κ3) is 3.70. The van der Waals surface area contributed by atoms with Gasteiger partial charge in [-0.1, -0.05) is 46.3 Å². The predicted octanol–water partition coefficient (Wildman–Crippen LogP) is 2.28. The van der Waals surface area contributed by atoms with E-state index in [0.717, 1.165) is 5.33 Å². The van der Waals surface area contributed by atoms with Crippen molar-refractivity contribution in [3.8, 4) is 0 Å². The maximum Gasteiger partial charge on any atom is 0.188 e. The SMILES string of the molecule is O=C(COCCBr)c1ccccc1. The Kier molecular flexibility index (Phi) is 4.72. The normalized spacial score (nSPS) is 9.92. The fourth-order valence-corrected chi connectivity index (χ4v) is 1.16. The molecule has 0 amide bonds. The Morgan fingerprint density at radius 1 is 1.31 bits per heavy atom. The third-order valence-electron chi connectivity index (χ3n) is 1.55. The summed E-state index contributed by atoms with van der Waals surface area (Å²) in [7, 11) is 0. The van der Waals surface area contributed by atoms with Crippen LogP contribution >= 0.6 is 15.9 Å². The lowest BCUT2D eigenvalue weighted by Crippen LogP contribution is -2.09. The van der Waals surface area contributed by atoms with E-state index >= 15 is 0 Å². The zero-order chi connectivity index (χ0) is 9.52. The largest absolute Gasteiger partial charge is 0.372 e. The zero-order valence-electron chi connectivity index (χ0n) is 7.20. The summed E-state index contributed by atoms with van der Waals surface area (Å²) >= 11 is 3.22. The Balaban J connectivity index is 2.40. The highest BCUT2D eigenvalue weighted by atomic mass is 79.9. The van der Waals surface area contributed by atoms with Gasteiger partial charge in [-0.25, -0.2) is 0 Å². The van der Waals surface area contributed by atoms with Gasteiger partial charge in [-0.15, -0.1) is 0 Å². The second-order valence-corrected chi connectivity index (χ2v) is 3.32. The molecule has 0 saturated carbocycles. The molecule has 0 N–H and O–H groups in total. The molecule has 0 aliphatic rings. The fourth-order valence-electron chi connectivity index (χ4n) is 0.927. The molecule has 0 aliphatic heterocycles. The van der Waals surface area contributed by atoms with Crippen molar-refractivity contribution in [2.75, 3.05) is 18.5 Å². The minimum absolute atomic E-state index is 0.0292. The lowest BCUT2D eigenvalue weighted by Gasteiger charge is -2.00. The Labute approximate surface area is 86.0 Å². The minimum Gasteiger partial charge on any atom is -0.372 e. The molecule has 1 aromatic rings. The van der Waals surface area contributed by atoms with Gasteiger partial charge in [0.2, 0.25) is 0 Å². The molecule has 0 bridgehead atoms. The number of halogens is 1. The molecule has 13 heavy (non-hydrogen) atoms. The van der Waals surface area contributed by atoms with Crippen molar-refractivity contribution in [3.63, 3.8) is 0 Å². The standard InChI is InChI=1S/C10H11BrO2/c11-6-7-13-8-10(12)9-4-2-1-3-5-9/h1-5H,6-8H2. The van der Waals surface area contributed by atoms with Crippen LogP contribution in [0, 0.1) is 0 Å². The average molecular weight is 243 g/mol. The molecule has 0 unspecified atom stereocenters. The van der Waals surface area contributed by atoms with Gasteiger partial charge in [0.05, 0.1) is 6.61 Å². The van der Waals surface area contributed by atoms with Crippen LogP contribution < -0.4 is 0 Å². The predicted molar refractivity (Wildman–Crippen MR) is 55.4 cm³/mol. The van der Waals surface area contributed by atoms with Crippen LogP contribution in [0.2, 0.25) is 0 Å². The van der Waals surface area contributed by atoms with Crippen LogP contribution in [0.15, 0.2) is 30.3 Å². The average Bonchev–Trinajstić information content (AvgIpc) is 2.19. The molecule has 0 aliphatic carbocycles. The molecule has 70 valence electrons. The molecule has 1 rings (SSSR count). The first kappa shape index (κ1) is 10.4. The fraction of sp³-hybridized carbons (Fsp3) is 0.300. The zero-order valence-corrected chi connectivity index (χ0v) is 8.79. The van der Waals surface area contributed by atoms with Gasteiger partial charge in [-0.2, -0.15) is 0 Å². The summed E-state index contributed by atoms with van der Waals surface area (Å²) in [4.78, 5) is 11.4. The molecule has 0 spiro atoms. The summed E-state index contributed by atoms with van der Waals surface area (Å²) in [6.07, 6.45) is 0. The lowest BCUT2D eigenvalue weighted by molar-refractivity contribution is 0.0788. The van der Waals surface area contributed by atoms with Crippen LogP contribution in [0.1, 0.15) is 10.4 Å². The highest BCUT2D eigenvalue weighted by Crippen LogP contribution is 2.00. The molecule has 0 heterocycles. The van der Waals surface area contributed by atoms with Crippen molar-refractivity contribution in [2.45, 2.75) is 0 Å². The highest BCUT2D eigenvalue weighted by molar-refractivity contribution is 9.09. The van der Waals surface area contributed by atoms with Crippen molar-refractivity contribution in [1.82, 2.24) is 0 Å². The van der Waals surface area contributed by atoms with E-state index < -0.39 is 0 Å². The van der Waals surface area contributed by atoms with Crippen LogP contribution in [0.25, 0.3) is 0 Å². The molecule has 0 aromatic heterocycles. The first-order valence-electron chi connectivity index (χ1n) is 4.06. The van der Waals surface area contributed by atoms with E-state index in [1.807, 2.05) is 18.2 Å². The summed E-state index contributed by atoms with van der Waals surface area (Å²) in [5.74, 6) is 0.0292. The number of hydrogen-bond acceptors (Lipinski definition) is 2.